The van der Waals surface area contributed by atoms with Gasteiger partial charge in [-0.25, -0.2) is 8.42 Å². The van der Waals surface area contributed by atoms with E-state index in [-0.39, 0.29) is 26.7 Å². The Kier molecular flexibility index (Phi) is 5.23. The van der Waals surface area contributed by atoms with E-state index >= 15 is 0 Å². The van der Waals surface area contributed by atoms with E-state index < -0.39 is 21.8 Å². The summed E-state index contributed by atoms with van der Waals surface area (Å²) in [7, 11) is -4.19. The van der Waals surface area contributed by atoms with Crippen LogP contribution >= 0.6 is 34.8 Å². The summed E-state index contributed by atoms with van der Waals surface area (Å²) in [5, 5.41) is 3.63. The van der Waals surface area contributed by atoms with Crippen LogP contribution in [0.3, 0.4) is 0 Å². The SMILES string of the molecule is O=C(Nc1ccc(Cl)cc1Cl)c1ccc2c(c1)S(=O)(=O)N(c1ccc(Cl)cc1)C2=O. The van der Waals surface area contributed by atoms with Crippen molar-refractivity contribution >= 4 is 68.0 Å². The summed E-state index contributed by atoms with van der Waals surface area (Å²) in [5.74, 6) is -1.30. The maximum absolute atomic E-state index is 13.0. The smallest absolute Gasteiger partial charge is 0.273 e. The van der Waals surface area contributed by atoms with Crippen molar-refractivity contribution in [2.24, 2.45) is 0 Å². The molecule has 0 unspecified atom stereocenters. The highest BCUT2D eigenvalue weighted by molar-refractivity contribution is 7.94. The van der Waals surface area contributed by atoms with Gasteiger partial charge in [0.15, 0.2) is 0 Å². The summed E-state index contributed by atoms with van der Waals surface area (Å²) >= 11 is 17.7. The summed E-state index contributed by atoms with van der Waals surface area (Å²) in [6, 6.07) is 14.2. The molecule has 2 amide bonds. The lowest BCUT2D eigenvalue weighted by Gasteiger charge is -2.15. The zero-order valence-corrected chi connectivity index (χ0v) is 18.0. The Bertz CT molecular complexity index is 1310. The summed E-state index contributed by atoms with van der Waals surface area (Å²) in [6.45, 7) is 0. The highest BCUT2D eigenvalue weighted by Gasteiger charge is 2.42. The van der Waals surface area contributed by atoms with Gasteiger partial charge < -0.3 is 5.32 Å². The number of nitrogens with zero attached hydrogens (tertiary/aromatic N) is 1. The van der Waals surface area contributed by atoms with Gasteiger partial charge in [0.1, 0.15) is 4.90 Å². The third-order valence-corrected chi connectivity index (χ3v) is 6.97. The predicted octanol–water partition coefficient (Wildman–Crippen LogP) is 5.25. The van der Waals surface area contributed by atoms with Crippen LogP contribution in [0, 0.1) is 0 Å². The maximum Gasteiger partial charge on any atom is 0.273 e. The largest absolute Gasteiger partial charge is 0.321 e. The molecule has 3 aromatic carbocycles. The molecule has 1 N–H and O–H groups in total. The van der Waals surface area contributed by atoms with Gasteiger partial charge in [-0.2, -0.15) is 4.31 Å². The minimum Gasteiger partial charge on any atom is -0.321 e. The van der Waals surface area contributed by atoms with Crippen LogP contribution in [0.4, 0.5) is 11.4 Å². The summed E-state index contributed by atoms with van der Waals surface area (Å²) in [6.07, 6.45) is 0. The Balaban J connectivity index is 1.69. The van der Waals surface area contributed by atoms with E-state index in [1.165, 1.54) is 48.5 Å². The van der Waals surface area contributed by atoms with Crippen molar-refractivity contribution in [3.8, 4) is 0 Å². The third-order valence-electron chi connectivity index (χ3n) is 4.42. The molecule has 1 heterocycles. The van der Waals surface area contributed by atoms with Gasteiger partial charge >= 0.3 is 0 Å². The number of nitrogens with one attached hydrogen (secondary N) is 1. The molecule has 0 fully saturated rings. The Morgan fingerprint density at radius 2 is 1.53 bits per heavy atom. The van der Waals surface area contributed by atoms with E-state index in [0.29, 0.717) is 20.0 Å². The van der Waals surface area contributed by atoms with Crippen LogP contribution in [-0.2, 0) is 10.0 Å². The number of fused-ring (bicyclic) bond motifs is 1. The zero-order valence-electron chi connectivity index (χ0n) is 14.9. The highest BCUT2D eigenvalue weighted by atomic mass is 35.5. The third kappa shape index (κ3) is 3.54. The molecule has 0 atom stereocenters. The van der Waals surface area contributed by atoms with Gasteiger partial charge in [0.25, 0.3) is 21.8 Å². The van der Waals surface area contributed by atoms with Gasteiger partial charge in [0, 0.05) is 15.6 Å². The number of amides is 2. The lowest BCUT2D eigenvalue weighted by molar-refractivity contribution is 0.100. The van der Waals surface area contributed by atoms with E-state index in [2.05, 4.69) is 5.32 Å². The summed E-state index contributed by atoms with van der Waals surface area (Å²) in [4.78, 5) is 25.1. The van der Waals surface area contributed by atoms with E-state index in [1.807, 2.05) is 0 Å². The first-order chi connectivity index (χ1) is 14.2. The molecular formula is C20H11Cl3N2O4S. The number of hydrogen-bond donors (Lipinski definition) is 1. The molecular weight excluding hydrogens is 471 g/mol. The second-order valence-electron chi connectivity index (χ2n) is 6.34. The average molecular weight is 482 g/mol. The predicted molar refractivity (Wildman–Crippen MR) is 116 cm³/mol. The molecule has 0 saturated heterocycles. The van der Waals surface area contributed by atoms with Crippen molar-refractivity contribution in [1.82, 2.24) is 0 Å². The molecule has 1 aliphatic heterocycles. The number of anilines is 2. The number of halogens is 3. The Morgan fingerprint density at radius 1 is 0.867 bits per heavy atom. The van der Waals surface area contributed by atoms with Gasteiger partial charge in [-0.15, -0.1) is 0 Å². The second-order valence-corrected chi connectivity index (χ2v) is 9.38. The second kappa shape index (κ2) is 7.59. The van der Waals surface area contributed by atoms with Crippen LogP contribution in [0.5, 0.6) is 0 Å². The number of carbonyl (C=O) groups excluding carboxylic acids is 2. The number of hydrogen-bond acceptors (Lipinski definition) is 4. The van der Waals surface area contributed by atoms with Gasteiger partial charge in [-0.3, -0.25) is 9.59 Å². The number of carbonyl (C=O) groups is 2. The number of benzene rings is 3. The van der Waals surface area contributed by atoms with Crippen LogP contribution in [-0.4, -0.2) is 20.2 Å². The molecule has 0 bridgehead atoms. The number of rotatable bonds is 3. The molecule has 6 nitrogen and oxygen atoms in total. The molecule has 0 saturated carbocycles. The van der Waals surface area contributed by atoms with Crippen LogP contribution in [0.15, 0.2) is 65.6 Å². The van der Waals surface area contributed by atoms with Crippen molar-refractivity contribution in [3.63, 3.8) is 0 Å². The van der Waals surface area contributed by atoms with Gasteiger partial charge in [-0.1, -0.05) is 34.8 Å². The molecule has 4 rings (SSSR count). The first kappa shape index (κ1) is 20.7. The van der Waals surface area contributed by atoms with Gasteiger partial charge in [0.2, 0.25) is 0 Å². The van der Waals surface area contributed by atoms with Crippen LogP contribution < -0.4 is 9.62 Å². The molecule has 10 heteroatoms. The molecule has 0 aliphatic carbocycles. The standard InChI is InChI=1S/C20H11Cl3N2O4S/c21-12-2-5-14(6-3-12)25-20(27)15-7-1-11(9-18(15)30(25,28)29)19(26)24-17-8-4-13(22)10-16(17)23/h1-10H,(H,24,26). The highest BCUT2D eigenvalue weighted by Crippen LogP contribution is 2.36. The summed E-state index contributed by atoms with van der Waals surface area (Å²) < 4.78 is 26.7. The molecule has 1 aliphatic rings. The first-order valence-corrected chi connectivity index (χ1v) is 11.0. The van der Waals surface area contributed by atoms with Crippen molar-refractivity contribution in [1.29, 1.82) is 0 Å². The molecule has 0 radical (unpaired) electrons. The fourth-order valence-electron chi connectivity index (χ4n) is 2.99. The Hall–Kier alpha value is -2.58. The lowest BCUT2D eigenvalue weighted by Crippen LogP contribution is -2.29. The normalized spacial score (nSPS) is 14.5. The van der Waals surface area contributed by atoms with Crippen molar-refractivity contribution in [3.05, 3.63) is 86.9 Å². The quantitative estimate of drug-likeness (QED) is 0.554. The van der Waals surface area contributed by atoms with Crippen molar-refractivity contribution < 1.29 is 18.0 Å². The minimum atomic E-state index is -4.19. The fourth-order valence-corrected chi connectivity index (χ4v) is 5.19. The van der Waals surface area contributed by atoms with E-state index in [0.717, 1.165) is 6.07 Å². The van der Waals surface area contributed by atoms with E-state index in [1.54, 1.807) is 6.07 Å². The monoisotopic (exact) mass is 480 g/mol. The van der Waals surface area contributed by atoms with Crippen molar-refractivity contribution in [2.75, 3.05) is 9.62 Å². The van der Waals surface area contributed by atoms with E-state index in [9.17, 15) is 18.0 Å². The van der Waals surface area contributed by atoms with E-state index in [4.69, 9.17) is 34.8 Å². The summed E-state index contributed by atoms with van der Waals surface area (Å²) in [5.41, 5.74) is 0.493. The fraction of sp³-hybridized carbons (Fsp3) is 0. The van der Waals surface area contributed by atoms with Crippen LogP contribution in [0.1, 0.15) is 20.7 Å². The molecule has 30 heavy (non-hydrogen) atoms. The molecule has 0 spiro atoms. The first-order valence-electron chi connectivity index (χ1n) is 8.44. The molecule has 0 aromatic heterocycles. The van der Waals surface area contributed by atoms with Crippen molar-refractivity contribution in [2.45, 2.75) is 4.90 Å². The van der Waals surface area contributed by atoms with Crippen LogP contribution in [0.25, 0.3) is 0 Å². The lowest BCUT2D eigenvalue weighted by atomic mass is 10.1. The number of sulfonamides is 1. The van der Waals surface area contributed by atoms with Gasteiger partial charge in [-0.05, 0) is 60.7 Å². The maximum atomic E-state index is 13.0. The molecule has 3 aromatic rings. The van der Waals surface area contributed by atoms with Gasteiger partial charge in [0.05, 0.1) is 22.0 Å². The average Bonchev–Trinajstić information content (AvgIpc) is 2.90. The molecule has 152 valence electrons. The topological polar surface area (TPSA) is 83.6 Å². The minimum absolute atomic E-state index is 0.0222. The Morgan fingerprint density at radius 3 is 2.20 bits per heavy atom. The zero-order chi connectivity index (χ0) is 21.6. The van der Waals surface area contributed by atoms with Crippen LogP contribution in [0.2, 0.25) is 15.1 Å². The Labute approximate surface area is 187 Å².